The van der Waals surface area contributed by atoms with Crippen LogP contribution in [0.2, 0.25) is 0 Å². The molecular weight excluding hydrogens is 478 g/mol. The molecule has 5 rings (SSSR count). The third-order valence-electron chi connectivity index (χ3n) is 7.37. The molecule has 0 aliphatic carbocycles. The Kier molecular flexibility index (Phi) is 7.66. The highest BCUT2D eigenvalue weighted by Crippen LogP contribution is 2.29. The highest BCUT2D eigenvalue weighted by atomic mass is 16.5. The number of nitrogens with zero attached hydrogens (tertiary/aromatic N) is 4. The normalized spacial score (nSPS) is 16.1. The molecular formula is C30H31N5O3. The van der Waals surface area contributed by atoms with Gasteiger partial charge in [-0.05, 0) is 73.2 Å². The molecule has 2 saturated heterocycles. The Balaban J connectivity index is 1.23. The van der Waals surface area contributed by atoms with Gasteiger partial charge in [-0.1, -0.05) is 18.2 Å². The Labute approximate surface area is 222 Å². The van der Waals surface area contributed by atoms with Crippen molar-refractivity contribution < 1.29 is 14.3 Å². The number of pyridine rings is 1. The van der Waals surface area contributed by atoms with Gasteiger partial charge in [0.15, 0.2) is 0 Å². The fourth-order valence-electron chi connectivity index (χ4n) is 5.04. The van der Waals surface area contributed by atoms with Gasteiger partial charge in [-0.3, -0.25) is 9.59 Å². The molecule has 1 N–H and O–H groups in total. The maximum atomic E-state index is 13.3. The molecule has 8 heteroatoms. The summed E-state index contributed by atoms with van der Waals surface area (Å²) < 4.78 is 5.41. The second-order valence-corrected chi connectivity index (χ2v) is 9.79. The van der Waals surface area contributed by atoms with E-state index in [9.17, 15) is 9.59 Å². The second kappa shape index (κ2) is 11.4. The molecule has 0 atom stereocenters. The largest absolute Gasteiger partial charge is 0.378 e. The van der Waals surface area contributed by atoms with Gasteiger partial charge in [-0.15, -0.1) is 0 Å². The Bertz CT molecular complexity index is 1350. The van der Waals surface area contributed by atoms with E-state index in [0.29, 0.717) is 54.6 Å². The van der Waals surface area contributed by atoms with Gasteiger partial charge in [0.1, 0.15) is 5.82 Å². The van der Waals surface area contributed by atoms with Gasteiger partial charge in [0.2, 0.25) is 0 Å². The number of aryl methyl sites for hydroxylation is 1. The van der Waals surface area contributed by atoms with E-state index in [1.165, 1.54) is 5.56 Å². The van der Waals surface area contributed by atoms with Crippen molar-refractivity contribution in [2.75, 3.05) is 49.6 Å². The molecule has 3 heterocycles. The summed E-state index contributed by atoms with van der Waals surface area (Å²) in [5.74, 6) is 0.864. The van der Waals surface area contributed by atoms with Gasteiger partial charge in [0, 0.05) is 49.2 Å². The first-order chi connectivity index (χ1) is 18.5. The molecule has 0 unspecified atom stereocenters. The highest BCUT2D eigenvalue weighted by Gasteiger charge is 2.25. The van der Waals surface area contributed by atoms with E-state index in [2.05, 4.69) is 21.3 Å². The van der Waals surface area contributed by atoms with Crippen LogP contribution in [0.5, 0.6) is 0 Å². The molecule has 194 valence electrons. The monoisotopic (exact) mass is 509 g/mol. The number of rotatable bonds is 5. The van der Waals surface area contributed by atoms with Crippen LogP contribution in [0.1, 0.15) is 56.2 Å². The van der Waals surface area contributed by atoms with Crippen LogP contribution in [0.25, 0.3) is 0 Å². The van der Waals surface area contributed by atoms with Crippen molar-refractivity contribution in [3.63, 3.8) is 0 Å². The van der Waals surface area contributed by atoms with Crippen molar-refractivity contribution in [2.45, 2.75) is 25.7 Å². The van der Waals surface area contributed by atoms with Crippen molar-refractivity contribution in [3.8, 4) is 6.07 Å². The molecule has 2 fully saturated rings. The number of aromatic nitrogens is 1. The SMILES string of the molecule is Cc1ccc(C(=O)N2CCC(c3ccc(C#N)cc3)CC2)cc1NC(=O)c1ccnc(N2CCOCC2)c1. The lowest BCUT2D eigenvalue weighted by atomic mass is 9.89. The van der Waals surface area contributed by atoms with E-state index in [0.717, 1.165) is 37.3 Å². The minimum absolute atomic E-state index is 0.0303. The van der Waals surface area contributed by atoms with Gasteiger partial charge in [-0.2, -0.15) is 5.26 Å². The van der Waals surface area contributed by atoms with Crippen LogP contribution in [0.3, 0.4) is 0 Å². The molecule has 38 heavy (non-hydrogen) atoms. The van der Waals surface area contributed by atoms with E-state index in [1.807, 2.05) is 48.2 Å². The third kappa shape index (κ3) is 5.68. The smallest absolute Gasteiger partial charge is 0.255 e. The first kappa shape index (κ1) is 25.4. The molecule has 1 aromatic heterocycles. The Morgan fingerprint density at radius 3 is 2.42 bits per heavy atom. The lowest BCUT2D eigenvalue weighted by Gasteiger charge is -2.32. The van der Waals surface area contributed by atoms with Gasteiger partial charge in [0.05, 0.1) is 24.8 Å². The molecule has 0 saturated carbocycles. The maximum absolute atomic E-state index is 13.3. The first-order valence-corrected chi connectivity index (χ1v) is 13.0. The first-order valence-electron chi connectivity index (χ1n) is 13.0. The molecule has 2 aliphatic heterocycles. The van der Waals surface area contributed by atoms with Gasteiger partial charge < -0.3 is 19.9 Å². The lowest BCUT2D eigenvalue weighted by Crippen LogP contribution is -2.38. The number of hydrogen-bond acceptors (Lipinski definition) is 6. The van der Waals surface area contributed by atoms with Crippen molar-refractivity contribution in [3.05, 3.63) is 88.6 Å². The van der Waals surface area contributed by atoms with E-state index in [4.69, 9.17) is 10.00 Å². The number of benzene rings is 2. The minimum atomic E-state index is -0.238. The predicted molar refractivity (Wildman–Crippen MR) is 145 cm³/mol. The summed E-state index contributed by atoms with van der Waals surface area (Å²) in [4.78, 5) is 34.8. The molecule has 2 aromatic carbocycles. The summed E-state index contributed by atoms with van der Waals surface area (Å²) in [6, 6.07) is 18.8. The molecule has 0 bridgehead atoms. The Morgan fingerprint density at radius 1 is 0.974 bits per heavy atom. The fourth-order valence-corrected chi connectivity index (χ4v) is 5.04. The van der Waals surface area contributed by atoms with Gasteiger partial charge >= 0.3 is 0 Å². The maximum Gasteiger partial charge on any atom is 0.255 e. The third-order valence-corrected chi connectivity index (χ3v) is 7.37. The van der Waals surface area contributed by atoms with Crippen molar-refractivity contribution >= 4 is 23.3 Å². The minimum Gasteiger partial charge on any atom is -0.378 e. The van der Waals surface area contributed by atoms with Crippen LogP contribution < -0.4 is 10.2 Å². The van der Waals surface area contributed by atoms with Gasteiger partial charge in [0.25, 0.3) is 11.8 Å². The average Bonchev–Trinajstić information content (AvgIpc) is 2.98. The fraction of sp³-hybridized carbons (Fsp3) is 0.333. The summed E-state index contributed by atoms with van der Waals surface area (Å²) in [6.45, 7) is 6.02. The van der Waals surface area contributed by atoms with E-state index in [-0.39, 0.29) is 11.8 Å². The highest BCUT2D eigenvalue weighted by molar-refractivity contribution is 6.06. The number of likely N-dealkylation sites (tertiary alicyclic amines) is 1. The van der Waals surface area contributed by atoms with Crippen molar-refractivity contribution in [1.82, 2.24) is 9.88 Å². The van der Waals surface area contributed by atoms with E-state index >= 15 is 0 Å². The van der Waals surface area contributed by atoms with E-state index < -0.39 is 0 Å². The summed E-state index contributed by atoms with van der Waals surface area (Å²) in [5.41, 5.74) is 4.46. The number of carbonyl (C=O) groups is 2. The molecule has 2 aliphatic rings. The number of nitrogens with one attached hydrogen (secondary N) is 1. The van der Waals surface area contributed by atoms with Gasteiger partial charge in [-0.25, -0.2) is 4.98 Å². The van der Waals surface area contributed by atoms with Crippen LogP contribution in [0.15, 0.2) is 60.8 Å². The zero-order valence-corrected chi connectivity index (χ0v) is 21.5. The molecule has 0 radical (unpaired) electrons. The molecule has 8 nitrogen and oxygen atoms in total. The molecule has 2 amide bonds. The number of piperidine rings is 1. The van der Waals surface area contributed by atoms with Crippen LogP contribution in [-0.2, 0) is 4.74 Å². The number of hydrogen-bond donors (Lipinski definition) is 1. The average molecular weight is 510 g/mol. The van der Waals surface area contributed by atoms with Crippen LogP contribution in [0, 0.1) is 18.3 Å². The topological polar surface area (TPSA) is 98.6 Å². The zero-order valence-electron chi connectivity index (χ0n) is 21.5. The number of anilines is 2. The zero-order chi connectivity index (χ0) is 26.5. The Morgan fingerprint density at radius 2 is 1.71 bits per heavy atom. The second-order valence-electron chi connectivity index (χ2n) is 9.79. The van der Waals surface area contributed by atoms with Crippen LogP contribution in [0.4, 0.5) is 11.5 Å². The number of nitriles is 1. The number of morpholine rings is 1. The quantitative estimate of drug-likeness (QED) is 0.548. The summed E-state index contributed by atoms with van der Waals surface area (Å²) >= 11 is 0. The van der Waals surface area contributed by atoms with Crippen LogP contribution >= 0.6 is 0 Å². The number of ether oxygens (including phenoxy) is 1. The number of carbonyl (C=O) groups excluding carboxylic acids is 2. The summed E-state index contributed by atoms with van der Waals surface area (Å²) in [5, 5.41) is 12.0. The summed E-state index contributed by atoms with van der Waals surface area (Å²) in [7, 11) is 0. The Hall–Kier alpha value is -4.22. The lowest BCUT2D eigenvalue weighted by molar-refractivity contribution is 0.0712. The predicted octanol–water partition coefficient (Wildman–Crippen LogP) is 4.37. The molecule has 3 aromatic rings. The number of amides is 2. The summed E-state index contributed by atoms with van der Waals surface area (Å²) in [6.07, 6.45) is 3.40. The van der Waals surface area contributed by atoms with Crippen LogP contribution in [-0.4, -0.2) is 61.1 Å². The standard InChI is InChI=1S/C30H31N5O3/c1-21-2-5-26(30(37)35-12-9-24(10-13-35)23-6-3-22(20-31)4-7-23)18-27(21)33-29(36)25-8-11-32-28(19-25)34-14-16-38-17-15-34/h2-8,11,18-19,24H,9-10,12-17H2,1H3,(H,33,36). The van der Waals surface area contributed by atoms with Crippen molar-refractivity contribution in [1.29, 1.82) is 5.26 Å². The molecule has 0 spiro atoms. The van der Waals surface area contributed by atoms with E-state index in [1.54, 1.807) is 24.4 Å². The van der Waals surface area contributed by atoms with Crippen molar-refractivity contribution in [2.24, 2.45) is 0 Å².